The van der Waals surface area contributed by atoms with Crippen LogP contribution < -0.4 is 5.32 Å². The molecule has 104 valence electrons. The van der Waals surface area contributed by atoms with E-state index in [1.165, 1.54) is 7.11 Å². The van der Waals surface area contributed by atoms with Crippen LogP contribution in [0.25, 0.3) is 0 Å². The van der Waals surface area contributed by atoms with Crippen LogP contribution in [0.4, 0.5) is 0 Å². The highest BCUT2D eigenvalue weighted by molar-refractivity contribution is 5.97. The van der Waals surface area contributed by atoms with Gasteiger partial charge in [-0.25, -0.2) is 4.79 Å². The van der Waals surface area contributed by atoms with E-state index in [2.05, 4.69) is 5.32 Å². The SMILES string of the molecule is CCOC(=O)[C@](O)(COC)NC(=O)c1ccccc1. The molecule has 0 saturated heterocycles. The summed E-state index contributed by atoms with van der Waals surface area (Å²) in [5, 5.41) is 12.3. The maximum atomic E-state index is 11.9. The van der Waals surface area contributed by atoms with Crippen molar-refractivity contribution in [1.29, 1.82) is 0 Å². The molecule has 6 heteroatoms. The Hall–Kier alpha value is -1.92. The Kier molecular flexibility index (Phi) is 5.47. The van der Waals surface area contributed by atoms with Crippen LogP contribution in [-0.2, 0) is 14.3 Å². The minimum atomic E-state index is -2.20. The van der Waals surface area contributed by atoms with E-state index in [0.717, 1.165) is 0 Å². The smallest absolute Gasteiger partial charge is 0.362 e. The standard InChI is InChI=1S/C13H17NO5/c1-3-19-12(16)13(17,9-18-2)14-11(15)10-7-5-4-6-8-10/h4-8,17H,3,9H2,1-2H3,(H,14,15)/t13-/m1/s1. The van der Waals surface area contributed by atoms with Crippen LogP contribution in [0.2, 0.25) is 0 Å². The molecule has 0 radical (unpaired) electrons. The summed E-state index contributed by atoms with van der Waals surface area (Å²) in [6.07, 6.45) is 0. The molecule has 0 bridgehead atoms. The van der Waals surface area contributed by atoms with Crippen LogP contribution in [0.15, 0.2) is 30.3 Å². The van der Waals surface area contributed by atoms with Crippen molar-refractivity contribution in [2.45, 2.75) is 12.6 Å². The second kappa shape index (κ2) is 6.86. The minimum Gasteiger partial charge on any atom is -0.462 e. The van der Waals surface area contributed by atoms with Crippen LogP contribution in [0, 0.1) is 0 Å². The molecule has 0 spiro atoms. The maximum absolute atomic E-state index is 11.9. The Morgan fingerprint density at radius 1 is 1.32 bits per heavy atom. The molecule has 1 amide bonds. The second-order valence-electron chi connectivity index (χ2n) is 3.83. The van der Waals surface area contributed by atoms with E-state index in [1.807, 2.05) is 0 Å². The fourth-order valence-corrected chi connectivity index (χ4v) is 1.45. The molecule has 1 aromatic rings. The van der Waals surface area contributed by atoms with Crippen molar-refractivity contribution < 1.29 is 24.2 Å². The quantitative estimate of drug-likeness (QED) is 0.572. The van der Waals surface area contributed by atoms with E-state index >= 15 is 0 Å². The second-order valence-corrected chi connectivity index (χ2v) is 3.83. The predicted octanol–water partition coefficient (Wildman–Crippen LogP) is 0.314. The van der Waals surface area contributed by atoms with E-state index < -0.39 is 24.2 Å². The third-order valence-electron chi connectivity index (χ3n) is 2.32. The monoisotopic (exact) mass is 267 g/mol. The summed E-state index contributed by atoms with van der Waals surface area (Å²) in [6, 6.07) is 8.23. The molecule has 2 N–H and O–H groups in total. The molecular weight excluding hydrogens is 250 g/mol. The van der Waals surface area contributed by atoms with Gasteiger partial charge in [-0.1, -0.05) is 18.2 Å². The van der Waals surface area contributed by atoms with E-state index in [9.17, 15) is 14.7 Å². The fourth-order valence-electron chi connectivity index (χ4n) is 1.45. The molecule has 1 aromatic carbocycles. The topological polar surface area (TPSA) is 84.9 Å². The molecule has 0 unspecified atom stereocenters. The molecule has 0 aliphatic carbocycles. The van der Waals surface area contributed by atoms with E-state index in [1.54, 1.807) is 37.3 Å². The average Bonchev–Trinajstić information content (AvgIpc) is 2.40. The molecule has 19 heavy (non-hydrogen) atoms. The van der Waals surface area contributed by atoms with Gasteiger partial charge in [0.05, 0.1) is 6.61 Å². The first-order chi connectivity index (χ1) is 9.03. The van der Waals surface area contributed by atoms with Crippen molar-refractivity contribution in [3.8, 4) is 0 Å². The van der Waals surface area contributed by atoms with Gasteiger partial charge in [-0.2, -0.15) is 0 Å². The lowest BCUT2D eigenvalue weighted by atomic mass is 10.1. The van der Waals surface area contributed by atoms with Crippen molar-refractivity contribution in [2.24, 2.45) is 0 Å². The van der Waals surface area contributed by atoms with E-state index in [-0.39, 0.29) is 6.61 Å². The number of carbonyl (C=O) groups excluding carboxylic acids is 2. The van der Waals surface area contributed by atoms with Gasteiger partial charge in [0.15, 0.2) is 0 Å². The van der Waals surface area contributed by atoms with Crippen molar-refractivity contribution in [3.63, 3.8) is 0 Å². The summed E-state index contributed by atoms with van der Waals surface area (Å²) in [4.78, 5) is 23.6. The molecule has 0 fully saturated rings. The summed E-state index contributed by atoms with van der Waals surface area (Å²) >= 11 is 0. The Bertz CT molecular complexity index is 434. The van der Waals surface area contributed by atoms with Crippen LogP contribution in [-0.4, -0.2) is 43.0 Å². The number of benzene rings is 1. The Morgan fingerprint density at radius 3 is 2.47 bits per heavy atom. The molecule has 0 heterocycles. The number of carbonyl (C=O) groups is 2. The lowest BCUT2D eigenvalue weighted by Crippen LogP contribution is -2.58. The maximum Gasteiger partial charge on any atom is 0.362 e. The molecule has 0 aliphatic rings. The molecule has 0 aromatic heterocycles. The van der Waals surface area contributed by atoms with Crippen molar-refractivity contribution in [1.82, 2.24) is 5.32 Å². The molecule has 1 atom stereocenters. The highest BCUT2D eigenvalue weighted by Gasteiger charge is 2.39. The summed E-state index contributed by atoms with van der Waals surface area (Å²) in [5.41, 5.74) is -1.88. The number of aliphatic hydroxyl groups is 1. The number of amides is 1. The van der Waals surface area contributed by atoms with Gasteiger partial charge in [-0.15, -0.1) is 0 Å². The minimum absolute atomic E-state index is 0.0894. The molecule has 0 saturated carbocycles. The zero-order chi connectivity index (χ0) is 14.3. The van der Waals surface area contributed by atoms with Crippen molar-refractivity contribution in [3.05, 3.63) is 35.9 Å². The van der Waals surface area contributed by atoms with Crippen molar-refractivity contribution in [2.75, 3.05) is 20.3 Å². The first kappa shape index (κ1) is 15.1. The molecular formula is C13H17NO5. The van der Waals surface area contributed by atoms with Crippen LogP contribution in [0.5, 0.6) is 0 Å². The lowest BCUT2D eigenvalue weighted by Gasteiger charge is -2.25. The van der Waals surface area contributed by atoms with Gasteiger partial charge in [-0.05, 0) is 19.1 Å². The van der Waals surface area contributed by atoms with Gasteiger partial charge in [0.2, 0.25) is 0 Å². The van der Waals surface area contributed by atoms with Gasteiger partial charge in [0.25, 0.3) is 11.6 Å². The summed E-state index contributed by atoms with van der Waals surface area (Å²) in [6.45, 7) is 1.29. The van der Waals surface area contributed by atoms with Gasteiger partial charge in [-0.3, -0.25) is 4.79 Å². The highest BCUT2D eigenvalue weighted by Crippen LogP contribution is 2.07. The van der Waals surface area contributed by atoms with Gasteiger partial charge < -0.3 is 19.9 Å². The third-order valence-corrected chi connectivity index (χ3v) is 2.32. The highest BCUT2D eigenvalue weighted by atomic mass is 16.6. The van der Waals surface area contributed by atoms with Crippen LogP contribution in [0.1, 0.15) is 17.3 Å². The largest absolute Gasteiger partial charge is 0.462 e. The summed E-state index contributed by atoms with van der Waals surface area (Å²) in [5.74, 6) is -1.55. The molecule has 0 aliphatic heterocycles. The van der Waals surface area contributed by atoms with E-state index in [4.69, 9.17) is 9.47 Å². The number of hydrogen-bond donors (Lipinski definition) is 2. The number of nitrogens with one attached hydrogen (secondary N) is 1. The first-order valence-electron chi connectivity index (χ1n) is 5.79. The first-order valence-corrected chi connectivity index (χ1v) is 5.79. The molecule has 1 rings (SSSR count). The number of esters is 1. The lowest BCUT2D eigenvalue weighted by molar-refractivity contribution is -0.173. The van der Waals surface area contributed by atoms with E-state index in [0.29, 0.717) is 5.56 Å². The molecule has 6 nitrogen and oxygen atoms in total. The number of rotatable bonds is 6. The normalized spacial score (nSPS) is 13.4. The average molecular weight is 267 g/mol. The van der Waals surface area contributed by atoms with Crippen LogP contribution >= 0.6 is 0 Å². The summed E-state index contributed by atoms with van der Waals surface area (Å²) < 4.78 is 9.46. The van der Waals surface area contributed by atoms with Gasteiger partial charge >= 0.3 is 5.97 Å². The van der Waals surface area contributed by atoms with Gasteiger partial charge in [0.1, 0.15) is 6.61 Å². The predicted molar refractivity (Wildman–Crippen MR) is 67.4 cm³/mol. The Balaban J connectivity index is 2.84. The Morgan fingerprint density at radius 2 is 1.95 bits per heavy atom. The summed E-state index contributed by atoms with van der Waals surface area (Å²) in [7, 11) is 1.30. The third kappa shape index (κ3) is 4.04. The number of hydrogen-bond acceptors (Lipinski definition) is 5. The Labute approximate surface area is 111 Å². The van der Waals surface area contributed by atoms with Gasteiger partial charge in [0, 0.05) is 12.7 Å². The number of ether oxygens (including phenoxy) is 2. The zero-order valence-electron chi connectivity index (χ0n) is 10.9. The van der Waals surface area contributed by atoms with Crippen LogP contribution in [0.3, 0.4) is 0 Å². The fraction of sp³-hybridized carbons (Fsp3) is 0.385. The number of methoxy groups -OCH3 is 1. The van der Waals surface area contributed by atoms with Crippen molar-refractivity contribution >= 4 is 11.9 Å². The zero-order valence-corrected chi connectivity index (χ0v) is 10.9.